The standard InChI is InChI=1S/C15H20ClN3O2/c1-11-2-3-14(21-11)15(20)19-8-6-18(7-9-19)13-4-5-17-10-12(13)16/h4-5,10-11,14H,2-3,6-9H2,1H3/t11-,14+/m0/s1. The SMILES string of the molecule is C[C@H]1CC[C@H](C(=O)N2CCN(c3ccncc3Cl)CC2)O1. The zero-order valence-corrected chi connectivity index (χ0v) is 12.9. The van der Waals surface area contributed by atoms with E-state index in [2.05, 4.69) is 9.88 Å². The Morgan fingerprint density at radius 3 is 2.71 bits per heavy atom. The van der Waals surface area contributed by atoms with Crippen LogP contribution in [0.5, 0.6) is 0 Å². The molecule has 2 atom stereocenters. The fourth-order valence-electron chi connectivity index (χ4n) is 2.98. The maximum absolute atomic E-state index is 12.4. The summed E-state index contributed by atoms with van der Waals surface area (Å²) >= 11 is 6.17. The molecule has 1 aromatic heterocycles. The Labute approximate surface area is 129 Å². The highest BCUT2D eigenvalue weighted by Gasteiger charge is 2.33. The van der Waals surface area contributed by atoms with Crippen molar-refractivity contribution >= 4 is 23.2 Å². The summed E-state index contributed by atoms with van der Waals surface area (Å²) in [7, 11) is 0. The first-order chi connectivity index (χ1) is 10.1. The molecule has 2 saturated heterocycles. The maximum atomic E-state index is 12.4. The molecule has 0 radical (unpaired) electrons. The fraction of sp³-hybridized carbons (Fsp3) is 0.600. The minimum atomic E-state index is -0.240. The van der Waals surface area contributed by atoms with E-state index < -0.39 is 0 Å². The Kier molecular flexibility index (Phi) is 4.31. The summed E-state index contributed by atoms with van der Waals surface area (Å²) in [5, 5.41) is 0.658. The summed E-state index contributed by atoms with van der Waals surface area (Å²) in [5.74, 6) is 0.139. The number of carbonyl (C=O) groups excluding carboxylic acids is 1. The van der Waals surface area contributed by atoms with Gasteiger partial charge in [0.25, 0.3) is 5.91 Å². The summed E-state index contributed by atoms with van der Waals surface area (Å²) in [5.41, 5.74) is 0.990. The van der Waals surface area contributed by atoms with Gasteiger partial charge in [-0.25, -0.2) is 0 Å². The monoisotopic (exact) mass is 309 g/mol. The van der Waals surface area contributed by atoms with Crippen LogP contribution in [-0.2, 0) is 9.53 Å². The first-order valence-corrected chi connectivity index (χ1v) is 7.81. The van der Waals surface area contributed by atoms with Gasteiger partial charge in [0.05, 0.1) is 16.8 Å². The van der Waals surface area contributed by atoms with E-state index in [9.17, 15) is 4.79 Å². The minimum Gasteiger partial charge on any atom is -0.367 e. The van der Waals surface area contributed by atoms with Gasteiger partial charge in [-0.2, -0.15) is 0 Å². The van der Waals surface area contributed by atoms with Gasteiger partial charge in [0.2, 0.25) is 0 Å². The van der Waals surface area contributed by atoms with Crippen molar-refractivity contribution in [2.45, 2.75) is 32.0 Å². The topological polar surface area (TPSA) is 45.7 Å². The summed E-state index contributed by atoms with van der Waals surface area (Å²) in [6.45, 7) is 5.03. The van der Waals surface area contributed by atoms with E-state index >= 15 is 0 Å². The molecule has 0 unspecified atom stereocenters. The Morgan fingerprint density at radius 2 is 2.10 bits per heavy atom. The number of ether oxygens (including phenoxy) is 1. The third kappa shape index (κ3) is 3.14. The summed E-state index contributed by atoms with van der Waals surface area (Å²) < 4.78 is 5.67. The van der Waals surface area contributed by atoms with Crippen molar-refractivity contribution in [3.63, 3.8) is 0 Å². The lowest BCUT2D eigenvalue weighted by Crippen LogP contribution is -2.51. The normalized spacial score (nSPS) is 26.2. The first-order valence-electron chi connectivity index (χ1n) is 7.44. The van der Waals surface area contributed by atoms with E-state index in [4.69, 9.17) is 16.3 Å². The minimum absolute atomic E-state index is 0.139. The highest BCUT2D eigenvalue weighted by molar-refractivity contribution is 6.33. The Morgan fingerprint density at radius 1 is 1.33 bits per heavy atom. The van der Waals surface area contributed by atoms with E-state index in [0.717, 1.165) is 31.6 Å². The lowest BCUT2D eigenvalue weighted by molar-refractivity contribution is -0.142. The lowest BCUT2D eigenvalue weighted by atomic mass is 10.1. The molecule has 3 heterocycles. The van der Waals surface area contributed by atoms with Gasteiger partial charge >= 0.3 is 0 Å². The second-order valence-electron chi connectivity index (χ2n) is 5.65. The molecule has 0 bridgehead atoms. The van der Waals surface area contributed by atoms with Crippen LogP contribution < -0.4 is 4.90 Å². The maximum Gasteiger partial charge on any atom is 0.251 e. The molecule has 5 nitrogen and oxygen atoms in total. The van der Waals surface area contributed by atoms with Gasteiger partial charge in [0.1, 0.15) is 6.10 Å². The summed E-state index contributed by atoms with van der Waals surface area (Å²) in [6, 6.07) is 1.92. The third-order valence-electron chi connectivity index (χ3n) is 4.19. The van der Waals surface area contributed by atoms with E-state index in [1.807, 2.05) is 17.9 Å². The molecule has 0 spiro atoms. The molecule has 3 rings (SSSR count). The van der Waals surface area contributed by atoms with Crippen LogP contribution in [0.25, 0.3) is 0 Å². The van der Waals surface area contributed by atoms with E-state index in [1.165, 1.54) is 0 Å². The number of aromatic nitrogens is 1. The van der Waals surface area contributed by atoms with Crippen LogP contribution in [0.2, 0.25) is 5.02 Å². The number of hydrogen-bond donors (Lipinski definition) is 0. The quantitative estimate of drug-likeness (QED) is 0.838. The smallest absolute Gasteiger partial charge is 0.251 e. The lowest BCUT2D eigenvalue weighted by Gasteiger charge is -2.37. The second kappa shape index (κ2) is 6.20. The average molecular weight is 310 g/mol. The zero-order chi connectivity index (χ0) is 14.8. The van der Waals surface area contributed by atoms with E-state index in [-0.39, 0.29) is 18.1 Å². The molecule has 2 aliphatic rings. The van der Waals surface area contributed by atoms with E-state index in [1.54, 1.807) is 12.4 Å². The molecule has 1 amide bonds. The average Bonchev–Trinajstić information content (AvgIpc) is 2.94. The molecular weight excluding hydrogens is 290 g/mol. The van der Waals surface area contributed by atoms with Crippen LogP contribution >= 0.6 is 11.6 Å². The molecule has 0 aromatic carbocycles. The number of rotatable bonds is 2. The van der Waals surface area contributed by atoms with Crippen molar-refractivity contribution < 1.29 is 9.53 Å². The van der Waals surface area contributed by atoms with Crippen molar-refractivity contribution in [3.05, 3.63) is 23.5 Å². The van der Waals surface area contributed by atoms with Crippen LogP contribution in [0.4, 0.5) is 5.69 Å². The van der Waals surface area contributed by atoms with Crippen molar-refractivity contribution in [2.75, 3.05) is 31.1 Å². The Balaban J connectivity index is 1.58. The van der Waals surface area contributed by atoms with Gasteiger partial charge in [0.15, 0.2) is 0 Å². The number of piperazine rings is 1. The van der Waals surface area contributed by atoms with Crippen LogP contribution in [0.15, 0.2) is 18.5 Å². The number of pyridine rings is 1. The second-order valence-corrected chi connectivity index (χ2v) is 6.06. The third-order valence-corrected chi connectivity index (χ3v) is 4.48. The van der Waals surface area contributed by atoms with Gasteiger partial charge in [0, 0.05) is 38.6 Å². The number of hydrogen-bond acceptors (Lipinski definition) is 4. The van der Waals surface area contributed by atoms with Crippen LogP contribution in [0.1, 0.15) is 19.8 Å². The molecular formula is C15H20ClN3O2. The van der Waals surface area contributed by atoms with Crippen molar-refractivity contribution in [2.24, 2.45) is 0 Å². The number of nitrogens with zero attached hydrogens (tertiary/aromatic N) is 3. The number of anilines is 1. The van der Waals surface area contributed by atoms with Gasteiger partial charge in [-0.1, -0.05) is 11.6 Å². The highest BCUT2D eigenvalue weighted by Crippen LogP contribution is 2.26. The molecule has 2 fully saturated rings. The number of amides is 1. The molecule has 114 valence electrons. The van der Waals surface area contributed by atoms with Gasteiger partial charge in [-0.05, 0) is 25.8 Å². The van der Waals surface area contributed by atoms with E-state index in [0.29, 0.717) is 18.1 Å². The Hall–Kier alpha value is -1.33. The van der Waals surface area contributed by atoms with Crippen LogP contribution in [0.3, 0.4) is 0 Å². The summed E-state index contributed by atoms with van der Waals surface area (Å²) in [4.78, 5) is 20.5. The Bertz CT molecular complexity index is 517. The predicted molar refractivity (Wildman–Crippen MR) is 81.6 cm³/mol. The molecule has 0 N–H and O–H groups in total. The molecule has 21 heavy (non-hydrogen) atoms. The molecule has 0 saturated carbocycles. The largest absolute Gasteiger partial charge is 0.367 e. The highest BCUT2D eigenvalue weighted by atomic mass is 35.5. The number of carbonyl (C=O) groups is 1. The molecule has 1 aromatic rings. The van der Waals surface area contributed by atoms with Crippen molar-refractivity contribution in [3.8, 4) is 0 Å². The van der Waals surface area contributed by atoms with Crippen LogP contribution in [0, 0.1) is 0 Å². The zero-order valence-electron chi connectivity index (χ0n) is 12.2. The molecule has 0 aliphatic carbocycles. The molecule has 6 heteroatoms. The van der Waals surface area contributed by atoms with Crippen LogP contribution in [-0.4, -0.2) is 54.2 Å². The predicted octanol–water partition coefficient (Wildman–Crippen LogP) is 1.95. The molecule has 2 aliphatic heterocycles. The fourth-order valence-corrected chi connectivity index (χ4v) is 3.22. The van der Waals surface area contributed by atoms with Gasteiger partial charge in [-0.15, -0.1) is 0 Å². The summed E-state index contributed by atoms with van der Waals surface area (Å²) in [6.07, 6.45) is 5.18. The van der Waals surface area contributed by atoms with Crippen molar-refractivity contribution in [1.29, 1.82) is 0 Å². The van der Waals surface area contributed by atoms with Gasteiger partial charge < -0.3 is 14.5 Å². The number of halogens is 1. The van der Waals surface area contributed by atoms with Crippen molar-refractivity contribution in [1.82, 2.24) is 9.88 Å². The first kappa shape index (κ1) is 14.6. The van der Waals surface area contributed by atoms with Gasteiger partial charge in [-0.3, -0.25) is 9.78 Å².